The Hall–Kier alpha value is -2.56. The van der Waals surface area contributed by atoms with Gasteiger partial charge in [-0.15, -0.1) is 0 Å². The second-order valence-corrected chi connectivity index (χ2v) is 5.55. The van der Waals surface area contributed by atoms with E-state index in [-0.39, 0.29) is 23.7 Å². The zero-order valence-corrected chi connectivity index (χ0v) is 13.8. The van der Waals surface area contributed by atoms with Crippen LogP contribution in [0.2, 0.25) is 0 Å². The number of hydrogen-bond donors (Lipinski definition) is 1. The third-order valence-corrected chi connectivity index (χ3v) is 3.90. The van der Waals surface area contributed by atoms with Crippen LogP contribution in [0.15, 0.2) is 24.3 Å². The van der Waals surface area contributed by atoms with E-state index in [0.29, 0.717) is 5.56 Å². The maximum absolute atomic E-state index is 12.3. The van der Waals surface area contributed by atoms with Gasteiger partial charge >= 0.3 is 5.97 Å². The number of ether oxygens (including phenoxy) is 1. The molecule has 1 aromatic carbocycles. The van der Waals surface area contributed by atoms with Crippen molar-refractivity contribution in [1.82, 2.24) is 4.57 Å². The fourth-order valence-electron chi connectivity index (χ4n) is 2.67. The summed E-state index contributed by atoms with van der Waals surface area (Å²) in [6, 6.07) is 6.47. The molecule has 1 heterocycles. The minimum Gasteiger partial charge on any atom is -0.507 e. The first-order valence-electron chi connectivity index (χ1n) is 7.51. The highest BCUT2D eigenvalue weighted by atomic mass is 16.5. The maximum Gasteiger partial charge on any atom is 0.342 e. The highest BCUT2D eigenvalue weighted by Gasteiger charge is 2.18. The van der Waals surface area contributed by atoms with Gasteiger partial charge in [0, 0.05) is 23.5 Å². The number of phenols is 1. The van der Waals surface area contributed by atoms with E-state index < -0.39 is 5.97 Å². The number of esters is 1. The van der Waals surface area contributed by atoms with Crippen LogP contribution in [-0.4, -0.2) is 28.0 Å². The van der Waals surface area contributed by atoms with E-state index in [9.17, 15) is 14.7 Å². The van der Waals surface area contributed by atoms with Gasteiger partial charge in [-0.1, -0.05) is 6.07 Å². The molecule has 0 spiro atoms. The molecule has 1 aromatic heterocycles. The van der Waals surface area contributed by atoms with Gasteiger partial charge in [0.15, 0.2) is 6.61 Å². The Balaban J connectivity index is 2.08. The van der Waals surface area contributed by atoms with Crippen LogP contribution < -0.4 is 0 Å². The number of carbonyl (C=O) groups excluding carboxylic acids is 2. The Kier molecular flexibility index (Phi) is 4.89. The molecular formula is C18H21NO4. The number of rotatable bonds is 5. The summed E-state index contributed by atoms with van der Waals surface area (Å²) in [5, 5.41) is 9.77. The molecule has 2 rings (SSSR count). The maximum atomic E-state index is 12.3. The molecular weight excluding hydrogens is 294 g/mol. The molecule has 5 nitrogen and oxygen atoms in total. The van der Waals surface area contributed by atoms with E-state index in [4.69, 9.17) is 4.74 Å². The summed E-state index contributed by atoms with van der Waals surface area (Å²) < 4.78 is 7.07. The average Bonchev–Trinajstić information content (AvgIpc) is 2.78. The summed E-state index contributed by atoms with van der Waals surface area (Å²) in [5.74, 6) is -1.11. The van der Waals surface area contributed by atoms with Crippen LogP contribution in [0.5, 0.6) is 5.75 Å². The fraction of sp³-hybridized carbons (Fsp3) is 0.333. The smallest absolute Gasteiger partial charge is 0.342 e. The second kappa shape index (κ2) is 6.69. The zero-order valence-electron chi connectivity index (χ0n) is 13.8. The van der Waals surface area contributed by atoms with E-state index >= 15 is 0 Å². The summed E-state index contributed by atoms with van der Waals surface area (Å²) in [5.41, 5.74) is 3.31. The number of aromatic nitrogens is 1. The van der Waals surface area contributed by atoms with Crippen molar-refractivity contribution in [2.24, 2.45) is 0 Å². The van der Waals surface area contributed by atoms with Crippen LogP contribution >= 0.6 is 0 Å². The van der Waals surface area contributed by atoms with Crippen LogP contribution in [-0.2, 0) is 11.3 Å². The second-order valence-electron chi connectivity index (χ2n) is 5.55. The largest absolute Gasteiger partial charge is 0.507 e. The first-order chi connectivity index (χ1) is 10.8. The highest BCUT2D eigenvalue weighted by molar-refractivity contribution is 6.00. The summed E-state index contributed by atoms with van der Waals surface area (Å²) in [6.45, 7) is 8.05. The molecule has 0 radical (unpaired) electrons. The molecule has 0 bridgehead atoms. The lowest BCUT2D eigenvalue weighted by molar-refractivity contribution is 0.0471. The van der Waals surface area contributed by atoms with Crippen molar-refractivity contribution in [3.05, 3.63) is 52.3 Å². The lowest BCUT2D eigenvalue weighted by Crippen LogP contribution is -2.15. The number of ketones is 1. The van der Waals surface area contributed by atoms with Crippen molar-refractivity contribution >= 4 is 11.8 Å². The molecule has 0 unspecified atom stereocenters. The topological polar surface area (TPSA) is 68.5 Å². The Labute approximate surface area is 135 Å². The van der Waals surface area contributed by atoms with Gasteiger partial charge in [-0.3, -0.25) is 4.79 Å². The third-order valence-electron chi connectivity index (χ3n) is 3.90. The number of nitrogens with zero attached hydrogens (tertiary/aromatic N) is 1. The predicted molar refractivity (Wildman–Crippen MR) is 87.0 cm³/mol. The molecule has 0 atom stereocenters. The zero-order chi connectivity index (χ0) is 17.1. The minimum absolute atomic E-state index is 0.0578. The van der Waals surface area contributed by atoms with Crippen molar-refractivity contribution in [1.29, 1.82) is 0 Å². The van der Waals surface area contributed by atoms with Gasteiger partial charge < -0.3 is 14.4 Å². The van der Waals surface area contributed by atoms with Crippen LogP contribution in [0, 0.1) is 20.8 Å². The Morgan fingerprint density at radius 2 is 1.83 bits per heavy atom. The van der Waals surface area contributed by atoms with Crippen molar-refractivity contribution in [2.75, 3.05) is 6.61 Å². The SMILES string of the molecule is CCn1c(C)cc(C(=O)COC(=O)c2ccc(C)cc2O)c1C. The Morgan fingerprint density at radius 1 is 1.13 bits per heavy atom. The van der Waals surface area contributed by atoms with E-state index in [1.165, 1.54) is 12.1 Å². The molecule has 0 aliphatic heterocycles. The van der Waals surface area contributed by atoms with Crippen molar-refractivity contribution < 1.29 is 19.4 Å². The third kappa shape index (κ3) is 3.44. The molecule has 0 amide bonds. The molecule has 2 aromatic rings. The van der Waals surface area contributed by atoms with Crippen LogP contribution in [0.3, 0.4) is 0 Å². The number of hydrogen-bond acceptors (Lipinski definition) is 4. The Bertz CT molecular complexity index is 759. The van der Waals surface area contributed by atoms with Gasteiger partial charge in [0.25, 0.3) is 0 Å². The van der Waals surface area contributed by atoms with Crippen LogP contribution in [0.4, 0.5) is 0 Å². The fourth-order valence-corrected chi connectivity index (χ4v) is 2.67. The van der Waals surface area contributed by atoms with Gasteiger partial charge in [0.1, 0.15) is 11.3 Å². The molecule has 122 valence electrons. The van der Waals surface area contributed by atoms with Gasteiger partial charge in [-0.2, -0.15) is 0 Å². The highest BCUT2D eigenvalue weighted by Crippen LogP contribution is 2.20. The normalized spacial score (nSPS) is 10.6. The number of carbonyl (C=O) groups is 2. The first-order valence-corrected chi connectivity index (χ1v) is 7.51. The molecule has 1 N–H and O–H groups in total. The number of Topliss-reactive ketones (excluding diaryl/α,β-unsaturated/α-hetero) is 1. The van der Waals surface area contributed by atoms with Gasteiger partial charge in [0.05, 0.1) is 0 Å². The summed E-state index contributed by atoms with van der Waals surface area (Å²) in [7, 11) is 0. The monoisotopic (exact) mass is 315 g/mol. The quantitative estimate of drug-likeness (QED) is 0.679. The molecule has 0 aliphatic carbocycles. The van der Waals surface area contributed by atoms with E-state index in [2.05, 4.69) is 0 Å². The predicted octanol–water partition coefficient (Wildman–Crippen LogP) is 3.18. The Morgan fingerprint density at radius 3 is 2.39 bits per heavy atom. The first kappa shape index (κ1) is 16.8. The molecule has 0 saturated carbocycles. The van der Waals surface area contributed by atoms with Crippen molar-refractivity contribution in [2.45, 2.75) is 34.2 Å². The minimum atomic E-state index is -0.708. The average molecular weight is 315 g/mol. The molecule has 5 heteroatoms. The summed E-state index contributed by atoms with van der Waals surface area (Å²) in [6.07, 6.45) is 0. The van der Waals surface area contributed by atoms with Gasteiger partial charge in [-0.05, 0) is 51.5 Å². The number of aromatic hydroxyl groups is 1. The lowest BCUT2D eigenvalue weighted by atomic mass is 10.1. The van der Waals surface area contributed by atoms with Gasteiger partial charge in [0.2, 0.25) is 5.78 Å². The summed E-state index contributed by atoms with van der Waals surface area (Å²) in [4.78, 5) is 24.3. The van der Waals surface area contributed by atoms with Gasteiger partial charge in [-0.25, -0.2) is 4.79 Å². The standard InChI is InChI=1S/C18H21NO4/c1-5-19-12(3)9-15(13(19)4)17(21)10-23-18(22)14-7-6-11(2)8-16(14)20/h6-9,20H,5,10H2,1-4H3. The van der Waals surface area contributed by atoms with Crippen LogP contribution in [0.25, 0.3) is 0 Å². The van der Waals surface area contributed by atoms with Crippen LogP contribution in [0.1, 0.15) is 44.6 Å². The molecule has 23 heavy (non-hydrogen) atoms. The lowest BCUT2D eigenvalue weighted by Gasteiger charge is -2.07. The van der Waals surface area contributed by atoms with Crippen molar-refractivity contribution in [3.8, 4) is 5.75 Å². The number of benzene rings is 1. The molecule has 0 aliphatic rings. The number of phenolic OH excluding ortho intramolecular Hbond substituents is 1. The van der Waals surface area contributed by atoms with E-state index in [0.717, 1.165) is 23.5 Å². The molecule has 0 saturated heterocycles. The van der Waals surface area contributed by atoms with E-state index in [1.54, 1.807) is 12.1 Å². The summed E-state index contributed by atoms with van der Waals surface area (Å²) >= 11 is 0. The molecule has 0 fully saturated rings. The number of aryl methyl sites for hydroxylation is 2. The van der Waals surface area contributed by atoms with Crippen molar-refractivity contribution in [3.63, 3.8) is 0 Å². The van der Waals surface area contributed by atoms with E-state index in [1.807, 2.05) is 32.3 Å².